The minimum atomic E-state index is -4.49. The van der Waals surface area contributed by atoms with Crippen molar-refractivity contribution in [3.63, 3.8) is 0 Å². The Morgan fingerprint density at radius 2 is 1.73 bits per heavy atom. The zero-order valence-corrected chi connectivity index (χ0v) is 14.8. The summed E-state index contributed by atoms with van der Waals surface area (Å²) in [7, 11) is 0. The highest BCUT2D eigenvalue weighted by atomic mass is 19.4. The van der Waals surface area contributed by atoms with Crippen LogP contribution in [0.5, 0.6) is 0 Å². The molecule has 2 aliphatic rings. The molecular weight excluding hydrogens is 343 g/mol. The molecule has 2 N–H and O–H groups in total. The molecule has 1 heterocycles. The summed E-state index contributed by atoms with van der Waals surface area (Å²) < 4.78 is 38.9. The summed E-state index contributed by atoms with van der Waals surface area (Å²) in [4.78, 5) is 14.6. The summed E-state index contributed by atoms with van der Waals surface area (Å²) in [6, 6.07) is 5.16. The number of benzene rings is 1. The van der Waals surface area contributed by atoms with Crippen molar-refractivity contribution in [3.8, 4) is 0 Å². The number of piperidine rings is 1. The Morgan fingerprint density at radius 3 is 2.38 bits per heavy atom. The number of halogens is 3. The fourth-order valence-electron chi connectivity index (χ4n) is 4.03. The summed E-state index contributed by atoms with van der Waals surface area (Å²) in [6.45, 7) is 2.60. The molecule has 0 bridgehead atoms. The summed E-state index contributed by atoms with van der Waals surface area (Å²) in [6.07, 6.45) is 2.80. The third-order valence-corrected chi connectivity index (χ3v) is 5.52. The molecule has 1 saturated heterocycles. The highest BCUT2D eigenvalue weighted by molar-refractivity contribution is 5.90. The third-order valence-electron chi connectivity index (χ3n) is 5.52. The first kappa shape index (κ1) is 19.0. The van der Waals surface area contributed by atoms with E-state index in [4.69, 9.17) is 0 Å². The van der Waals surface area contributed by atoms with Gasteiger partial charge >= 0.3 is 12.2 Å². The number of nitrogens with one attached hydrogen (secondary N) is 2. The summed E-state index contributed by atoms with van der Waals surface area (Å²) >= 11 is 0. The van der Waals surface area contributed by atoms with E-state index in [1.54, 1.807) is 0 Å². The zero-order valence-electron chi connectivity index (χ0n) is 14.8. The van der Waals surface area contributed by atoms with Crippen LogP contribution < -0.4 is 10.6 Å². The molecule has 2 amide bonds. The van der Waals surface area contributed by atoms with Gasteiger partial charge in [0.25, 0.3) is 0 Å². The topological polar surface area (TPSA) is 44.4 Å². The molecule has 0 unspecified atom stereocenters. The molecule has 1 aliphatic carbocycles. The molecule has 0 atom stereocenters. The number of nitrogens with zero attached hydrogens (tertiary/aromatic N) is 1. The van der Waals surface area contributed by atoms with E-state index in [0.29, 0.717) is 12.5 Å². The molecule has 2 fully saturated rings. The van der Waals surface area contributed by atoms with Crippen molar-refractivity contribution in [2.45, 2.75) is 50.7 Å². The zero-order chi connectivity index (χ0) is 18.6. The van der Waals surface area contributed by atoms with Crippen molar-refractivity contribution in [1.82, 2.24) is 10.2 Å². The second-order valence-corrected chi connectivity index (χ2v) is 7.30. The van der Waals surface area contributed by atoms with E-state index in [1.807, 2.05) is 0 Å². The molecule has 0 aromatic heterocycles. The van der Waals surface area contributed by atoms with Crippen LogP contribution in [-0.4, -0.2) is 36.6 Å². The first-order valence-corrected chi connectivity index (χ1v) is 9.38. The maximum Gasteiger partial charge on any atom is 0.418 e. The van der Waals surface area contributed by atoms with Crippen LogP contribution in [0.4, 0.5) is 23.7 Å². The van der Waals surface area contributed by atoms with Gasteiger partial charge in [-0.1, -0.05) is 25.0 Å². The van der Waals surface area contributed by atoms with E-state index in [2.05, 4.69) is 15.5 Å². The van der Waals surface area contributed by atoms with Crippen LogP contribution in [0.3, 0.4) is 0 Å². The van der Waals surface area contributed by atoms with Gasteiger partial charge in [0.15, 0.2) is 0 Å². The monoisotopic (exact) mass is 369 g/mol. The molecule has 3 rings (SSSR count). The number of likely N-dealkylation sites (tertiary alicyclic amines) is 1. The number of urea groups is 1. The number of rotatable bonds is 4. The number of hydrogen-bond donors (Lipinski definition) is 2. The lowest BCUT2D eigenvalue weighted by Crippen LogP contribution is -2.43. The lowest BCUT2D eigenvalue weighted by atomic mass is 9.95. The van der Waals surface area contributed by atoms with Gasteiger partial charge in [-0.05, 0) is 56.8 Å². The number of amides is 2. The van der Waals surface area contributed by atoms with Gasteiger partial charge in [-0.2, -0.15) is 13.2 Å². The molecule has 1 aromatic carbocycles. The fraction of sp³-hybridized carbons (Fsp3) is 0.632. The molecule has 7 heteroatoms. The molecule has 144 valence electrons. The largest absolute Gasteiger partial charge is 0.418 e. The van der Waals surface area contributed by atoms with E-state index in [9.17, 15) is 18.0 Å². The van der Waals surface area contributed by atoms with Gasteiger partial charge in [0.05, 0.1) is 11.3 Å². The molecule has 26 heavy (non-hydrogen) atoms. The standard InChI is InChI=1S/C19H26F3N3O/c20-19(21,22)16-7-3-4-8-17(16)24-18(26)23-13-14-9-11-25(12-10-14)15-5-1-2-6-15/h3-4,7-8,14-15H,1-2,5-6,9-13H2,(H2,23,24,26). The van der Waals surface area contributed by atoms with E-state index in [1.165, 1.54) is 43.9 Å². The Bertz CT molecular complexity index is 606. The first-order valence-electron chi connectivity index (χ1n) is 9.38. The second-order valence-electron chi connectivity index (χ2n) is 7.30. The summed E-state index contributed by atoms with van der Waals surface area (Å²) in [5, 5.41) is 5.06. The fourth-order valence-corrected chi connectivity index (χ4v) is 4.03. The number of carbonyl (C=O) groups is 1. The van der Waals surface area contributed by atoms with Crippen LogP contribution in [0.1, 0.15) is 44.1 Å². The number of hydrogen-bond acceptors (Lipinski definition) is 2. The highest BCUT2D eigenvalue weighted by Gasteiger charge is 2.33. The molecule has 1 saturated carbocycles. The van der Waals surface area contributed by atoms with Crippen LogP contribution in [0.2, 0.25) is 0 Å². The van der Waals surface area contributed by atoms with Crippen molar-refractivity contribution in [2.75, 3.05) is 25.0 Å². The first-order chi connectivity index (χ1) is 12.4. The highest BCUT2D eigenvalue weighted by Crippen LogP contribution is 2.34. The Morgan fingerprint density at radius 1 is 1.08 bits per heavy atom. The lowest BCUT2D eigenvalue weighted by molar-refractivity contribution is -0.136. The van der Waals surface area contributed by atoms with Gasteiger partial charge in [-0.3, -0.25) is 0 Å². The predicted molar refractivity (Wildman–Crippen MR) is 95.0 cm³/mol. The van der Waals surface area contributed by atoms with Gasteiger partial charge in [-0.15, -0.1) is 0 Å². The smallest absolute Gasteiger partial charge is 0.338 e. The van der Waals surface area contributed by atoms with Crippen molar-refractivity contribution < 1.29 is 18.0 Å². The van der Waals surface area contributed by atoms with Crippen molar-refractivity contribution in [1.29, 1.82) is 0 Å². The lowest BCUT2D eigenvalue weighted by Gasteiger charge is -2.36. The van der Waals surface area contributed by atoms with E-state index in [-0.39, 0.29) is 5.69 Å². The van der Waals surface area contributed by atoms with Crippen molar-refractivity contribution >= 4 is 11.7 Å². The Kier molecular flexibility index (Phi) is 6.06. The van der Waals surface area contributed by atoms with Gasteiger partial charge in [-0.25, -0.2) is 4.79 Å². The van der Waals surface area contributed by atoms with E-state index < -0.39 is 17.8 Å². The van der Waals surface area contributed by atoms with Crippen LogP contribution in [-0.2, 0) is 6.18 Å². The molecule has 1 aromatic rings. The molecule has 0 spiro atoms. The SMILES string of the molecule is O=C(NCC1CCN(C2CCCC2)CC1)Nc1ccccc1C(F)(F)F. The van der Waals surface area contributed by atoms with Crippen LogP contribution >= 0.6 is 0 Å². The Labute approximate surface area is 152 Å². The summed E-state index contributed by atoms with van der Waals surface area (Å²) in [5.41, 5.74) is -1.05. The number of carbonyl (C=O) groups excluding carboxylic acids is 1. The Hall–Kier alpha value is -1.76. The molecule has 1 aliphatic heterocycles. The van der Waals surface area contributed by atoms with Crippen LogP contribution in [0.25, 0.3) is 0 Å². The number of para-hydroxylation sites is 1. The molecule has 4 nitrogen and oxygen atoms in total. The average molecular weight is 369 g/mol. The minimum Gasteiger partial charge on any atom is -0.338 e. The predicted octanol–water partition coefficient (Wildman–Crippen LogP) is 4.48. The normalized spacial score (nSPS) is 20.3. The average Bonchev–Trinajstić information content (AvgIpc) is 3.15. The number of alkyl halides is 3. The van der Waals surface area contributed by atoms with Crippen LogP contribution in [0.15, 0.2) is 24.3 Å². The third kappa shape index (κ3) is 4.90. The van der Waals surface area contributed by atoms with E-state index >= 15 is 0 Å². The maximum atomic E-state index is 13.0. The quantitative estimate of drug-likeness (QED) is 0.822. The molecular formula is C19H26F3N3O. The van der Waals surface area contributed by atoms with E-state index in [0.717, 1.165) is 38.0 Å². The van der Waals surface area contributed by atoms with Gasteiger partial charge in [0.1, 0.15) is 0 Å². The Balaban J connectivity index is 1.44. The van der Waals surface area contributed by atoms with Gasteiger partial charge in [0.2, 0.25) is 0 Å². The van der Waals surface area contributed by atoms with Crippen LogP contribution in [0, 0.1) is 5.92 Å². The van der Waals surface area contributed by atoms with Gasteiger partial charge < -0.3 is 15.5 Å². The van der Waals surface area contributed by atoms with Crippen molar-refractivity contribution in [3.05, 3.63) is 29.8 Å². The van der Waals surface area contributed by atoms with Gasteiger partial charge in [0, 0.05) is 12.6 Å². The minimum absolute atomic E-state index is 0.214. The summed E-state index contributed by atoms with van der Waals surface area (Å²) in [5.74, 6) is 0.385. The van der Waals surface area contributed by atoms with Crippen molar-refractivity contribution in [2.24, 2.45) is 5.92 Å². The number of anilines is 1. The molecule has 0 radical (unpaired) electrons. The maximum absolute atomic E-state index is 13.0. The second kappa shape index (κ2) is 8.29.